The van der Waals surface area contributed by atoms with E-state index in [1.165, 1.54) is 18.2 Å². The molecule has 1 atom stereocenters. The van der Waals surface area contributed by atoms with Crippen molar-refractivity contribution in [2.24, 2.45) is 5.92 Å². The molecule has 0 aromatic heterocycles. The molecule has 0 aliphatic heterocycles. The molecule has 2 rings (SSSR count). The van der Waals surface area contributed by atoms with E-state index in [1.54, 1.807) is 11.9 Å². The molecule has 1 aliphatic carbocycles. The van der Waals surface area contributed by atoms with Crippen LogP contribution in [0.2, 0.25) is 5.02 Å². The van der Waals surface area contributed by atoms with Gasteiger partial charge in [0.15, 0.2) is 0 Å². The lowest BCUT2D eigenvalue weighted by Gasteiger charge is -2.25. The normalized spacial score (nSPS) is 15.9. The summed E-state index contributed by atoms with van der Waals surface area (Å²) in [5, 5.41) is 10.7. The fourth-order valence-electron chi connectivity index (χ4n) is 2.07. The first kappa shape index (κ1) is 13.8. The number of hydrogen-bond acceptors (Lipinski definition) is 3. The molecule has 1 aromatic carbocycles. The van der Waals surface area contributed by atoms with Crippen molar-refractivity contribution < 1.29 is 9.72 Å². The predicted molar refractivity (Wildman–Crippen MR) is 72.4 cm³/mol. The van der Waals surface area contributed by atoms with Gasteiger partial charge >= 0.3 is 0 Å². The lowest BCUT2D eigenvalue weighted by atomic mass is 10.1. The molecular formula is C13H15ClN2O3. The maximum absolute atomic E-state index is 12.2. The Balaban J connectivity index is 2.19. The molecule has 5 nitrogen and oxygen atoms in total. The zero-order chi connectivity index (χ0) is 14.2. The minimum absolute atomic E-state index is 0.0108. The third-order valence-electron chi connectivity index (χ3n) is 3.63. The van der Waals surface area contributed by atoms with E-state index in [4.69, 9.17) is 11.6 Å². The second-order valence-corrected chi connectivity index (χ2v) is 5.32. The largest absolute Gasteiger partial charge is 0.339 e. The van der Waals surface area contributed by atoms with Crippen molar-refractivity contribution in [3.05, 3.63) is 38.9 Å². The van der Waals surface area contributed by atoms with E-state index >= 15 is 0 Å². The van der Waals surface area contributed by atoms with Crippen molar-refractivity contribution in [3.8, 4) is 0 Å². The number of carbonyl (C=O) groups excluding carboxylic acids is 1. The Morgan fingerprint density at radius 1 is 1.53 bits per heavy atom. The highest BCUT2D eigenvalue weighted by Gasteiger charge is 2.33. The van der Waals surface area contributed by atoms with Gasteiger partial charge in [0.05, 0.1) is 4.92 Å². The lowest BCUT2D eigenvalue weighted by molar-refractivity contribution is -0.384. The van der Waals surface area contributed by atoms with Gasteiger partial charge in [0.25, 0.3) is 11.6 Å². The van der Waals surface area contributed by atoms with Gasteiger partial charge in [-0.3, -0.25) is 14.9 Å². The first-order valence-corrected chi connectivity index (χ1v) is 6.50. The summed E-state index contributed by atoms with van der Waals surface area (Å²) < 4.78 is 0. The third-order valence-corrected chi connectivity index (χ3v) is 3.93. The van der Waals surface area contributed by atoms with Crippen LogP contribution in [0.5, 0.6) is 0 Å². The predicted octanol–water partition coefficient (Wildman–Crippen LogP) is 3.12. The molecule has 19 heavy (non-hydrogen) atoms. The molecule has 0 spiro atoms. The van der Waals surface area contributed by atoms with Crippen LogP contribution in [0.4, 0.5) is 5.69 Å². The van der Waals surface area contributed by atoms with E-state index in [1.807, 2.05) is 6.92 Å². The Labute approximate surface area is 116 Å². The summed E-state index contributed by atoms with van der Waals surface area (Å²) in [6.07, 6.45) is 2.31. The molecule has 1 unspecified atom stereocenters. The van der Waals surface area contributed by atoms with Crippen molar-refractivity contribution in [1.29, 1.82) is 0 Å². The van der Waals surface area contributed by atoms with Gasteiger partial charge in [-0.25, -0.2) is 0 Å². The highest BCUT2D eigenvalue weighted by Crippen LogP contribution is 2.35. The zero-order valence-corrected chi connectivity index (χ0v) is 11.6. The molecule has 1 aliphatic rings. The van der Waals surface area contributed by atoms with Gasteiger partial charge in [-0.05, 0) is 37.8 Å². The Kier molecular flexibility index (Phi) is 3.75. The standard InChI is InChI=1S/C13H15ClN2O3/c1-8(9-3-4-9)15(2)13(17)10-5-6-12(16(18)19)11(14)7-10/h5-9H,3-4H2,1-2H3. The quantitative estimate of drug-likeness (QED) is 0.629. The molecule has 0 N–H and O–H groups in total. The summed E-state index contributed by atoms with van der Waals surface area (Å²) >= 11 is 5.82. The van der Waals surface area contributed by atoms with Gasteiger partial charge in [0, 0.05) is 24.7 Å². The summed E-state index contributed by atoms with van der Waals surface area (Å²) in [5.74, 6) is 0.415. The minimum atomic E-state index is -0.562. The fourth-order valence-corrected chi connectivity index (χ4v) is 2.32. The molecule has 1 saturated carbocycles. The highest BCUT2D eigenvalue weighted by molar-refractivity contribution is 6.33. The molecule has 1 amide bonds. The number of nitro groups is 1. The second-order valence-electron chi connectivity index (χ2n) is 4.92. The maximum atomic E-state index is 12.2. The van der Waals surface area contributed by atoms with E-state index in [2.05, 4.69) is 0 Å². The highest BCUT2D eigenvalue weighted by atomic mass is 35.5. The molecule has 0 saturated heterocycles. The van der Waals surface area contributed by atoms with E-state index in [0.717, 1.165) is 12.8 Å². The van der Waals surface area contributed by atoms with Crippen molar-refractivity contribution in [2.75, 3.05) is 7.05 Å². The molecule has 1 aromatic rings. The summed E-state index contributed by atoms with van der Waals surface area (Å²) in [4.78, 5) is 24.0. The van der Waals surface area contributed by atoms with Crippen LogP contribution in [0.15, 0.2) is 18.2 Å². The SMILES string of the molecule is CC(C1CC1)N(C)C(=O)c1ccc([N+](=O)[O-])c(Cl)c1. The van der Waals surface area contributed by atoms with E-state index < -0.39 is 4.92 Å². The average Bonchev–Trinajstić information content (AvgIpc) is 3.19. The second kappa shape index (κ2) is 5.17. The molecule has 0 bridgehead atoms. The molecule has 0 heterocycles. The van der Waals surface area contributed by atoms with E-state index in [0.29, 0.717) is 11.5 Å². The van der Waals surface area contributed by atoms with Gasteiger partial charge in [-0.2, -0.15) is 0 Å². The van der Waals surface area contributed by atoms with Gasteiger partial charge in [0.2, 0.25) is 0 Å². The Morgan fingerprint density at radius 3 is 2.63 bits per heavy atom. The van der Waals surface area contributed by atoms with Crippen LogP contribution < -0.4 is 0 Å². The monoisotopic (exact) mass is 282 g/mol. The smallest absolute Gasteiger partial charge is 0.287 e. The van der Waals surface area contributed by atoms with Crippen molar-refractivity contribution >= 4 is 23.2 Å². The van der Waals surface area contributed by atoms with Crippen LogP contribution >= 0.6 is 11.6 Å². The summed E-state index contributed by atoms with van der Waals surface area (Å²) in [5.41, 5.74) is 0.196. The Bertz CT molecular complexity index is 529. The number of nitro benzene ring substituents is 1. The van der Waals surface area contributed by atoms with Crippen LogP contribution in [-0.2, 0) is 0 Å². The van der Waals surface area contributed by atoms with E-state index in [9.17, 15) is 14.9 Å². The van der Waals surface area contributed by atoms with Crippen molar-refractivity contribution in [2.45, 2.75) is 25.8 Å². The summed E-state index contributed by atoms with van der Waals surface area (Å²) in [7, 11) is 1.75. The maximum Gasteiger partial charge on any atom is 0.287 e. The number of amides is 1. The van der Waals surface area contributed by atoms with E-state index in [-0.39, 0.29) is 22.7 Å². The Morgan fingerprint density at radius 2 is 2.16 bits per heavy atom. The van der Waals surface area contributed by atoms with Crippen LogP contribution in [0, 0.1) is 16.0 Å². The molecule has 0 radical (unpaired) electrons. The van der Waals surface area contributed by atoms with Gasteiger partial charge in [-0.1, -0.05) is 11.6 Å². The van der Waals surface area contributed by atoms with Gasteiger partial charge < -0.3 is 4.90 Å². The number of carbonyl (C=O) groups is 1. The van der Waals surface area contributed by atoms with Gasteiger partial charge in [-0.15, -0.1) is 0 Å². The first-order valence-electron chi connectivity index (χ1n) is 6.13. The number of benzene rings is 1. The fraction of sp³-hybridized carbons (Fsp3) is 0.462. The lowest BCUT2D eigenvalue weighted by Crippen LogP contribution is -2.36. The third kappa shape index (κ3) is 2.87. The molecular weight excluding hydrogens is 268 g/mol. The van der Waals surface area contributed by atoms with Crippen LogP contribution in [-0.4, -0.2) is 28.8 Å². The Hall–Kier alpha value is -1.62. The van der Waals surface area contributed by atoms with Crippen LogP contribution in [0.3, 0.4) is 0 Å². The van der Waals surface area contributed by atoms with Crippen molar-refractivity contribution in [3.63, 3.8) is 0 Å². The molecule has 1 fully saturated rings. The summed E-state index contributed by atoms with van der Waals surface area (Å²) in [6.45, 7) is 2.02. The first-order chi connectivity index (χ1) is 8.91. The number of halogens is 1. The van der Waals surface area contributed by atoms with Gasteiger partial charge in [0.1, 0.15) is 5.02 Å². The minimum Gasteiger partial charge on any atom is -0.339 e. The number of hydrogen-bond donors (Lipinski definition) is 0. The van der Waals surface area contributed by atoms with Crippen molar-refractivity contribution in [1.82, 2.24) is 4.90 Å². The number of nitrogens with zero attached hydrogens (tertiary/aromatic N) is 2. The molecule has 102 valence electrons. The molecule has 6 heteroatoms. The van der Waals surface area contributed by atoms with Crippen LogP contribution in [0.25, 0.3) is 0 Å². The zero-order valence-electron chi connectivity index (χ0n) is 10.8. The van der Waals surface area contributed by atoms with Crippen LogP contribution in [0.1, 0.15) is 30.1 Å². The summed E-state index contributed by atoms with van der Waals surface area (Å²) in [6, 6.07) is 4.26. The topological polar surface area (TPSA) is 63.5 Å². The number of rotatable bonds is 4. The average molecular weight is 283 g/mol.